The molecule has 0 aliphatic heterocycles. The minimum absolute atomic E-state index is 0.177. The third kappa shape index (κ3) is 5.82. The highest BCUT2D eigenvalue weighted by molar-refractivity contribution is 7.84. The van der Waals surface area contributed by atoms with Gasteiger partial charge in [-0.1, -0.05) is 12.1 Å². The summed E-state index contributed by atoms with van der Waals surface area (Å²) in [6, 6.07) is 11.4. The van der Waals surface area contributed by atoms with Gasteiger partial charge < -0.3 is 19.5 Å². The van der Waals surface area contributed by atoms with Crippen LogP contribution in [0.15, 0.2) is 47.4 Å². The van der Waals surface area contributed by atoms with Gasteiger partial charge in [-0.2, -0.15) is 0 Å². The summed E-state index contributed by atoms with van der Waals surface area (Å²) in [6.07, 6.45) is 1.47. The van der Waals surface area contributed by atoms with Crippen LogP contribution in [0.3, 0.4) is 0 Å². The molecule has 2 rings (SSSR count). The lowest BCUT2D eigenvalue weighted by atomic mass is 10.2. The number of carbonyl (C=O) groups excluding carboxylic acids is 2. The fraction of sp³-hybridized carbons (Fsp3) is 0.300. The van der Waals surface area contributed by atoms with Crippen LogP contribution in [0.1, 0.15) is 24.2 Å². The molecule has 7 nitrogen and oxygen atoms in total. The van der Waals surface area contributed by atoms with Crippen LogP contribution in [0.5, 0.6) is 11.5 Å². The number of esters is 1. The Morgan fingerprint density at radius 1 is 1.00 bits per heavy atom. The van der Waals surface area contributed by atoms with E-state index in [0.29, 0.717) is 35.3 Å². The molecule has 0 heterocycles. The Labute approximate surface area is 166 Å². The maximum absolute atomic E-state index is 12.2. The Morgan fingerprint density at radius 2 is 1.68 bits per heavy atom. The molecule has 1 atom stereocenters. The van der Waals surface area contributed by atoms with Crippen molar-refractivity contribution in [2.75, 3.05) is 31.4 Å². The Morgan fingerprint density at radius 3 is 2.36 bits per heavy atom. The van der Waals surface area contributed by atoms with Gasteiger partial charge >= 0.3 is 5.97 Å². The highest BCUT2D eigenvalue weighted by atomic mass is 32.2. The molecule has 1 N–H and O–H groups in total. The predicted molar refractivity (Wildman–Crippen MR) is 106 cm³/mol. The average molecular weight is 405 g/mol. The SMILES string of the molecule is CCOc1ccc(NC(=O)COC(=O)c2ccccc2[S@@](C)=O)cc1OCC. The second-order valence-electron chi connectivity index (χ2n) is 5.60. The molecule has 0 unspecified atom stereocenters. The zero-order valence-corrected chi connectivity index (χ0v) is 16.8. The fourth-order valence-corrected chi connectivity index (χ4v) is 3.15. The molecule has 0 spiro atoms. The highest BCUT2D eigenvalue weighted by Gasteiger charge is 2.16. The Hall–Kier alpha value is -2.87. The number of amides is 1. The van der Waals surface area contributed by atoms with Gasteiger partial charge in [0, 0.05) is 18.0 Å². The van der Waals surface area contributed by atoms with E-state index in [0.717, 1.165) is 0 Å². The molecule has 150 valence electrons. The average Bonchev–Trinajstić information content (AvgIpc) is 2.68. The van der Waals surface area contributed by atoms with Crippen molar-refractivity contribution in [3.8, 4) is 11.5 Å². The summed E-state index contributed by atoms with van der Waals surface area (Å²) in [6.45, 7) is 4.19. The second kappa shape index (κ2) is 10.5. The van der Waals surface area contributed by atoms with Crippen LogP contribution in [0.4, 0.5) is 5.69 Å². The molecule has 0 fully saturated rings. The molecular formula is C20H23NO6S. The highest BCUT2D eigenvalue weighted by Crippen LogP contribution is 2.30. The van der Waals surface area contributed by atoms with Crippen LogP contribution >= 0.6 is 0 Å². The molecular weight excluding hydrogens is 382 g/mol. The molecule has 28 heavy (non-hydrogen) atoms. The van der Waals surface area contributed by atoms with Gasteiger partial charge in [0.25, 0.3) is 5.91 Å². The zero-order valence-electron chi connectivity index (χ0n) is 16.0. The van der Waals surface area contributed by atoms with Gasteiger partial charge in [-0.3, -0.25) is 9.00 Å². The van der Waals surface area contributed by atoms with Crippen molar-refractivity contribution in [2.24, 2.45) is 0 Å². The van der Waals surface area contributed by atoms with Gasteiger partial charge in [0.15, 0.2) is 18.1 Å². The minimum atomic E-state index is -1.34. The number of nitrogens with one attached hydrogen (secondary N) is 1. The molecule has 0 bridgehead atoms. The van der Waals surface area contributed by atoms with Gasteiger partial charge in [-0.15, -0.1) is 0 Å². The lowest BCUT2D eigenvalue weighted by Gasteiger charge is -2.13. The van der Waals surface area contributed by atoms with Gasteiger partial charge in [0.2, 0.25) is 0 Å². The first-order chi connectivity index (χ1) is 13.5. The largest absolute Gasteiger partial charge is 0.490 e. The van der Waals surface area contributed by atoms with E-state index in [1.54, 1.807) is 36.4 Å². The first-order valence-corrected chi connectivity index (χ1v) is 10.3. The van der Waals surface area contributed by atoms with Crippen LogP contribution < -0.4 is 14.8 Å². The molecule has 0 saturated carbocycles. The normalized spacial score (nSPS) is 11.4. The minimum Gasteiger partial charge on any atom is -0.490 e. The molecule has 0 aliphatic rings. The lowest BCUT2D eigenvalue weighted by molar-refractivity contribution is -0.119. The van der Waals surface area contributed by atoms with E-state index in [1.807, 2.05) is 13.8 Å². The molecule has 1 amide bonds. The summed E-state index contributed by atoms with van der Waals surface area (Å²) in [7, 11) is -1.34. The molecule has 8 heteroatoms. The zero-order chi connectivity index (χ0) is 20.5. The summed E-state index contributed by atoms with van der Waals surface area (Å²) in [5.41, 5.74) is 0.666. The van der Waals surface area contributed by atoms with Gasteiger partial charge in [0.05, 0.1) is 34.5 Å². The number of anilines is 1. The summed E-state index contributed by atoms with van der Waals surface area (Å²) in [5, 5.41) is 2.64. The maximum Gasteiger partial charge on any atom is 0.339 e. The summed E-state index contributed by atoms with van der Waals surface area (Å²) >= 11 is 0. The third-order valence-electron chi connectivity index (χ3n) is 3.58. The summed E-state index contributed by atoms with van der Waals surface area (Å²) in [5.74, 6) is -0.117. The lowest BCUT2D eigenvalue weighted by Crippen LogP contribution is -2.21. The van der Waals surface area contributed by atoms with E-state index in [-0.39, 0.29) is 5.56 Å². The van der Waals surface area contributed by atoms with Crippen LogP contribution in [0.2, 0.25) is 0 Å². The summed E-state index contributed by atoms with van der Waals surface area (Å²) in [4.78, 5) is 24.7. The first-order valence-electron chi connectivity index (χ1n) is 8.75. The van der Waals surface area contributed by atoms with Crippen molar-refractivity contribution >= 4 is 28.4 Å². The van der Waals surface area contributed by atoms with Gasteiger partial charge in [-0.25, -0.2) is 4.79 Å². The maximum atomic E-state index is 12.2. The van der Waals surface area contributed by atoms with Crippen molar-refractivity contribution < 1.29 is 28.0 Å². The molecule has 2 aromatic rings. The topological polar surface area (TPSA) is 90.9 Å². The molecule has 0 saturated heterocycles. The number of benzene rings is 2. The molecule has 2 aromatic carbocycles. The Kier molecular flexibility index (Phi) is 8.01. The summed E-state index contributed by atoms with van der Waals surface area (Å²) < 4.78 is 27.8. The van der Waals surface area contributed by atoms with Gasteiger partial charge in [-0.05, 0) is 38.1 Å². The van der Waals surface area contributed by atoms with E-state index in [1.165, 1.54) is 12.3 Å². The van der Waals surface area contributed by atoms with Crippen LogP contribution in [0.25, 0.3) is 0 Å². The number of carbonyl (C=O) groups is 2. The van der Waals surface area contributed by atoms with E-state index in [2.05, 4.69) is 5.32 Å². The quantitative estimate of drug-likeness (QED) is 0.645. The third-order valence-corrected chi connectivity index (χ3v) is 4.55. The first kappa shape index (κ1) is 21.4. The van der Waals surface area contributed by atoms with Crippen molar-refractivity contribution in [1.82, 2.24) is 0 Å². The number of rotatable bonds is 9. The van der Waals surface area contributed by atoms with Crippen LogP contribution in [-0.4, -0.2) is 42.2 Å². The van der Waals surface area contributed by atoms with E-state index >= 15 is 0 Å². The van der Waals surface area contributed by atoms with Crippen LogP contribution in [-0.2, 0) is 20.3 Å². The number of ether oxygens (including phenoxy) is 3. The van der Waals surface area contributed by atoms with Crippen molar-refractivity contribution in [2.45, 2.75) is 18.7 Å². The standard InChI is InChI=1S/C20H23NO6S/c1-4-25-16-11-10-14(12-17(16)26-5-2)21-19(22)13-27-20(23)15-8-6-7-9-18(15)28(3)24/h6-12H,4-5,13H2,1-3H3,(H,21,22)/t28-/m1/s1. The Balaban J connectivity index is 2.00. The van der Waals surface area contributed by atoms with E-state index in [9.17, 15) is 13.8 Å². The fourth-order valence-electron chi connectivity index (χ4n) is 2.42. The molecule has 0 aliphatic carbocycles. The van der Waals surface area contributed by atoms with Crippen molar-refractivity contribution in [1.29, 1.82) is 0 Å². The van der Waals surface area contributed by atoms with Gasteiger partial charge in [0.1, 0.15) is 0 Å². The Bertz CT molecular complexity index is 868. The van der Waals surface area contributed by atoms with Crippen LogP contribution in [0, 0.1) is 0 Å². The predicted octanol–water partition coefficient (Wildman–Crippen LogP) is 3.02. The molecule has 0 radical (unpaired) electrons. The number of hydrogen-bond donors (Lipinski definition) is 1. The van der Waals surface area contributed by atoms with E-state index < -0.39 is 29.3 Å². The monoisotopic (exact) mass is 405 g/mol. The van der Waals surface area contributed by atoms with E-state index in [4.69, 9.17) is 14.2 Å². The van der Waals surface area contributed by atoms with Crippen molar-refractivity contribution in [3.05, 3.63) is 48.0 Å². The second-order valence-corrected chi connectivity index (χ2v) is 6.95. The number of hydrogen-bond acceptors (Lipinski definition) is 6. The van der Waals surface area contributed by atoms with Crippen molar-refractivity contribution in [3.63, 3.8) is 0 Å². The smallest absolute Gasteiger partial charge is 0.339 e. The molecule has 0 aromatic heterocycles.